The third-order valence-corrected chi connectivity index (χ3v) is 4.43. The number of nitrogens with zero attached hydrogens (tertiary/aromatic N) is 3. The van der Waals surface area contributed by atoms with E-state index in [1.54, 1.807) is 14.2 Å². The Morgan fingerprint density at radius 1 is 1.00 bits per heavy atom. The highest BCUT2D eigenvalue weighted by molar-refractivity contribution is 7.98. The molecule has 0 aliphatic heterocycles. The number of benzene rings is 2. The molecule has 124 valence electrons. The molecule has 0 atom stereocenters. The summed E-state index contributed by atoms with van der Waals surface area (Å²) in [6.07, 6.45) is 1.96. The molecule has 0 N–H and O–H groups in total. The molecule has 0 spiro atoms. The van der Waals surface area contributed by atoms with Gasteiger partial charge in [0, 0.05) is 16.7 Å². The van der Waals surface area contributed by atoms with Crippen LogP contribution in [0.1, 0.15) is 0 Å². The minimum absolute atomic E-state index is 0.678. The normalized spacial score (nSPS) is 10.7. The number of hydrogen-bond acceptors (Lipinski definition) is 5. The van der Waals surface area contributed by atoms with Crippen molar-refractivity contribution >= 4 is 23.4 Å². The molecule has 24 heavy (non-hydrogen) atoms. The van der Waals surface area contributed by atoms with Gasteiger partial charge in [0.1, 0.15) is 11.5 Å². The summed E-state index contributed by atoms with van der Waals surface area (Å²) in [5.41, 5.74) is 1.77. The van der Waals surface area contributed by atoms with Gasteiger partial charge in [0.25, 0.3) is 0 Å². The third-order valence-electron chi connectivity index (χ3n) is 3.55. The molecule has 0 amide bonds. The van der Waals surface area contributed by atoms with Crippen molar-refractivity contribution in [1.82, 2.24) is 14.8 Å². The summed E-state index contributed by atoms with van der Waals surface area (Å²) >= 11 is 7.50. The van der Waals surface area contributed by atoms with Gasteiger partial charge in [0.05, 0.1) is 19.9 Å². The molecular weight excluding hydrogens is 346 g/mol. The van der Waals surface area contributed by atoms with Crippen LogP contribution in [0.5, 0.6) is 11.5 Å². The Balaban J connectivity index is 2.20. The van der Waals surface area contributed by atoms with Crippen molar-refractivity contribution in [3.8, 4) is 28.6 Å². The molecule has 1 heterocycles. The second kappa shape index (κ2) is 7.15. The summed E-state index contributed by atoms with van der Waals surface area (Å²) < 4.78 is 12.8. The quantitative estimate of drug-likeness (QED) is 0.633. The molecule has 0 unspecified atom stereocenters. The Labute approximate surface area is 149 Å². The van der Waals surface area contributed by atoms with Crippen molar-refractivity contribution in [1.29, 1.82) is 0 Å². The molecule has 0 fully saturated rings. The molecule has 2 aromatic carbocycles. The van der Waals surface area contributed by atoms with Gasteiger partial charge in [0.15, 0.2) is 11.0 Å². The smallest absolute Gasteiger partial charge is 0.195 e. The van der Waals surface area contributed by atoms with E-state index in [4.69, 9.17) is 21.1 Å². The maximum absolute atomic E-state index is 5.99. The SMILES string of the molecule is COc1ccc(-n2c(SC)nnc2-c2ccc(Cl)cc2)c(OC)c1. The Kier molecular flexibility index (Phi) is 4.97. The van der Waals surface area contributed by atoms with Crippen LogP contribution in [0, 0.1) is 0 Å². The highest BCUT2D eigenvalue weighted by Gasteiger charge is 2.18. The summed E-state index contributed by atoms with van der Waals surface area (Å²) in [4.78, 5) is 0. The predicted molar refractivity (Wildman–Crippen MR) is 96.7 cm³/mol. The van der Waals surface area contributed by atoms with Gasteiger partial charge < -0.3 is 9.47 Å². The molecule has 0 bridgehead atoms. The number of aromatic nitrogens is 3. The summed E-state index contributed by atoms with van der Waals surface area (Å²) in [5, 5.41) is 10.1. The molecule has 0 saturated heterocycles. The Morgan fingerprint density at radius 2 is 1.75 bits per heavy atom. The summed E-state index contributed by atoms with van der Waals surface area (Å²) in [6.45, 7) is 0. The lowest BCUT2D eigenvalue weighted by Gasteiger charge is -2.14. The Morgan fingerprint density at radius 3 is 2.38 bits per heavy atom. The van der Waals surface area contributed by atoms with Crippen molar-refractivity contribution in [2.75, 3.05) is 20.5 Å². The molecule has 7 heteroatoms. The fraction of sp³-hybridized carbons (Fsp3) is 0.176. The molecule has 1 aromatic heterocycles. The fourth-order valence-corrected chi connectivity index (χ4v) is 2.99. The van der Waals surface area contributed by atoms with E-state index in [-0.39, 0.29) is 0 Å². The summed E-state index contributed by atoms with van der Waals surface area (Å²) in [6, 6.07) is 13.2. The van der Waals surface area contributed by atoms with Gasteiger partial charge in [-0.2, -0.15) is 0 Å². The zero-order valence-electron chi connectivity index (χ0n) is 13.5. The lowest BCUT2D eigenvalue weighted by Crippen LogP contribution is -2.02. The lowest BCUT2D eigenvalue weighted by molar-refractivity contribution is 0.393. The van der Waals surface area contributed by atoms with Crippen LogP contribution in [0.2, 0.25) is 5.02 Å². The molecule has 3 rings (SSSR count). The second-order valence-corrected chi connectivity index (χ2v) is 6.10. The van der Waals surface area contributed by atoms with E-state index in [0.717, 1.165) is 28.0 Å². The standard InChI is InChI=1S/C17H16ClN3O2S/c1-22-13-8-9-14(15(10-13)23-2)21-16(19-20-17(21)24-3)11-4-6-12(18)7-5-11/h4-10H,1-3H3. The van der Waals surface area contributed by atoms with Crippen LogP contribution in [0.3, 0.4) is 0 Å². The first-order valence-electron chi connectivity index (χ1n) is 7.15. The zero-order chi connectivity index (χ0) is 17.1. The van der Waals surface area contributed by atoms with Crippen LogP contribution in [0.25, 0.3) is 17.1 Å². The van der Waals surface area contributed by atoms with Crippen LogP contribution in [0.15, 0.2) is 47.6 Å². The van der Waals surface area contributed by atoms with Gasteiger partial charge in [-0.05, 0) is 42.7 Å². The molecule has 0 aliphatic carbocycles. The highest BCUT2D eigenvalue weighted by atomic mass is 35.5. The van der Waals surface area contributed by atoms with E-state index >= 15 is 0 Å². The average Bonchev–Trinajstić information content (AvgIpc) is 3.05. The molecule has 0 radical (unpaired) electrons. The number of methoxy groups -OCH3 is 2. The van der Waals surface area contributed by atoms with E-state index in [1.807, 2.05) is 53.3 Å². The van der Waals surface area contributed by atoms with E-state index in [1.165, 1.54) is 11.8 Å². The van der Waals surface area contributed by atoms with Gasteiger partial charge >= 0.3 is 0 Å². The first-order chi connectivity index (χ1) is 11.7. The van der Waals surface area contributed by atoms with Crippen molar-refractivity contribution in [2.45, 2.75) is 5.16 Å². The van der Waals surface area contributed by atoms with Crippen molar-refractivity contribution in [3.05, 3.63) is 47.5 Å². The van der Waals surface area contributed by atoms with Gasteiger partial charge in [-0.3, -0.25) is 4.57 Å². The zero-order valence-corrected chi connectivity index (χ0v) is 15.1. The van der Waals surface area contributed by atoms with E-state index in [0.29, 0.717) is 10.8 Å². The monoisotopic (exact) mass is 361 g/mol. The molecular formula is C17H16ClN3O2S. The van der Waals surface area contributed by atoms with Crippen LogP contribution >= 0.6 is 23.4 Å². The second-order valence-electron chi connectivity index (χ2n) is 4.89. The largest absolute Gasteiger partial charge is 0.497 e. The van der Waals surface area contributed by atoms with Gasteiger partial charge in [-0.15, -0.1) is 10.2 Å². The number of ether oxygens (including phenoxy) is 2. The number of rotatable bonds is 5. The minimum atomic E-state index is 0.678. The van der Waals surface area contributed by atoms with Crippen LogP contribution in [-0.4, -0.2) is 35.2 Å². The Bertz CT molecular complexity index is 850. The first kappa shape index (κ1) is 16.7. The van der Waals surface area contributed by atoms with Crippen molar-refractivity contribution < 1.29 is 9.47 Å². The van der Waals surface area contributed by atoms with Gasteiger partial charge in [-0.25, -0.2) is 0 Å². The van der Waals surface area contributed by atoms with Crippen LogP contribution in [0.4, 0.5) is 0 Å². The number of halogens is 1. The topological polar surface area (TPSA) is 49.2 Å². The van der Waals surface area contributed by atoms with Gasteiger partial charge in [0.2, 0.25) is 0 Å². The van der Waals surface area contributed by atoms with E-state index in [9.17, 15) is 0 Å². The summed E-state index contributed by atoms with van der Waals surface area (Å²) in [5.74, 6) is 2.13. The predicted octanol–water partition coefficient (Wildman–Crippen LogP) is 4.33. The highest BCUT2D eigenvalue weighted by Crippen LogP contribution is 2.34. The number of thioether (sulfide) groups is 1. The Hall–Kier alpha value is -2.18. The average molecular weight is 362 g/mol. The van der Waals surface area contributed by atoms with Crippen LogP contribution < -0.4 is 9.47 Å². The molecule has 0 saturated carbocycles. The summed E-state index contributed by atoms with van der Waals surface area (Å²) in [7, 11) is 3.25. The first-order valence-corrected chi connectivity index (χ1v) is 8.76. The number of hydrogen-bond donors (Lipinski definition) is 0. The molecule has 3 aromatic rings. The molecule has 0 aliphatic rings. The lowest BCUT2D eigenvalue weighted by atomic mass is 10.2. The van der Waals surface area contributed by atoms with E-state index in [2.05, 4.69) is 10.2 Å². The van der Waals surface area contributed by atoms with Crippen LogP contribution in [-0.2, 0) is 0 Å². The third kappa shape index (κ3) is 3.07. The maximum Gasteiger partial charge on any atom is 0.195 e. The molecule has 5 nitrogen and oxygen atoms in total. The van der Waals surface area contributed by atoms with Crippen molar-refractivity contribution in [3.63, 3.8) is 0 Å². The minimum Gasteiger partial charge on any atom is -0.497 e. The fourth-order valence-electron chi connectivity index (χ4n) is 2.37. The maximum atomic E-state index is 5.99. The van der Waals surface area contributed by atoms with E-state index < -0.39 is 0 Å². The van der Waals surface area contributed by atoms with Crippen molar-refractivity contribution in [2.24, 2.45) is 0 Å². The van der Waals surface area contributed by atoms with Gasteiger partial charge in [-0.1, -0.05) is 23.4 Å².